The van der Waals surface area contributed by atoms with Crippen LogP contribution in [0.25, 0.3) is 0 Å². The molecular formula is C12H11ClF3NO. The molecule has 0 spiro atoms. The number of hydrogen-bond acceptors (Lipinski definition) is 2. The van der Waals surface area contributed by atoms with E-state index in [9.17, 15) is 13.2 Å². The maximum atomic E-state index is 12.3. The molecule has 0 amide bonds. The second-order valence-electron chi connectivity index (χ2n) is 3.91. The molecule has 0 fully saturated rings. The number of nitriles is 1. The highest BCUT2D eigenvalue weighted by atomic mass is 35.5. The first-order chi connectivity index (χ1) is 8.25. The number of nitrogens with zero attached hydrogens (tertiary/aromatic N) is 1. The van der Waals surface area contributed by atoms with E-state index in [1.54, 1.807) is 26.0 Å². The van der Waals surface area contributed by atoms with Crippen LogP contribution in [0.15, 0.2) is 12.1 Å². The Labute approximate surface area is 108 Å². The number of aryl methyl sites for hydroxylation is 2. The summed E-state index contributed by atoms with van der Waals surface area (Å²) in [4.78, 5) is 0. The molecule has 0 radical (unpaired) electrons. The number of ether oxygens (including phenoxy) is 1. The van der Waals surface area contributed by atoms with Gasteiger partial charge >= 0.3 is 6.18 Å². The molecule has 1 unspecified atom stereocenters. The number of benzene rings is 1. The molecule has 1 aromatic rings. The minimum atomic E-state index is -4.58. The molecule has 0 saturated carbocycles. The van der Waals surface area contributed by atoms with E-state index in [0.717, 1.165) is 0 Å². The minimum absolute atomic E-state index is 0.277. The van der Waals surface area contributed by atoms with E-state index in [1.165, 1.54) is 6.07 Å². The average Bonchev–Trinajstić information content (AvgIpc) is 2.24. The highest BCUT2D eigenvalue weighted by Gasteiger charge is 2.40. The summed E-state index contributed by atoms with van der Waals surface area (Å²) >= 11 is 5.92. The van der Waals surface area contributed by atoms with Gasteiger partial charge in [-0.1, -0.05) is 11.6 Å². The summed E-state index contributed by atoms with van der Waals surface area (Å²) < 4.78 is 42.0. The fraction of sp³-hybridized carbons (Fsp3) is 0.417. The van der Waals surface area contributed by atoms with Crippen molar-refractivity contribution in [3.63, 3.8) is 0 Å². The molecule has 1 rings (SSSR count). The smallest absolute Gasteiger partial charge is 0.407 e. The van der Waals surface area contributed by atoms with Crippen LogP contribution in [-0.2, 0) is 0 Å². The lowest BCUT2D eigenvalue weighted by atomic mass is 10.1. The largest absolute Gasteiger partial charge is 0.492 e. The van der Waals surface area contributed by atoms with Gasteiger partial charge < -0.3 is 4.74 Å². The maximum absolute atomic E-state index is 12.3. The van der Waals surface area contributed by atoms with Gasteiger partial charge in [0.1, 0.15) is 12.4 Å². The standard InChI is InChI=1S/C12H11ClF3NO/c1-7-3-10(4-8(2)11(7)13)18-6-9(5-17)12(14,15)16/h3-4,9H,6H2,1-2H3. The first kappa shape index (κ1) is 14.7. The summed E-state index contributed by atoms with van der Waals surface area (Å²) in [6, 6.07) is 4.26. The average molecular weight is 278 g/mol. The van der Waals surface area contributed by atoms with Gasteiger partial charge in [0, 0.05) is 5.02 Å². The summed E-state index contributed by atoms with van der Waals surface area (Å²) in [7, 11) is 0. The van der Waals surface area contributed by atoms with Gasteiger partial charge in [0.15, 0.2) is 5.92 Å². The third-order valence-electron chi connectivity index (χ3n) is 2.38. The third kappa shape index (κ3) is 3.54. The predicted octanol–water partition coefficient (Wildman–Crippen LogP) is 4.04. The summed E-state index contributed by atoms with van der Waals surface area (Å²) in [5.41, 5.74) is 1.43. The van der Waals surface area contributed by atoms with Crippen LogP contribution >= 0.6 is 11.6 Å². The lowest BCUT2D eigenvalue weighted by Crippen LogP contribution is -2.27. The van der Waals surface area contributed by atoms with Crippen molar-refractivity contribution in [2.75, 3.05) is 6.61 Å². The van der Waals surface area contributed by atoms with E-state index in [-0.39, 0.29) is 5.75 Å². The Hall–Kier alpha value is -1.41. The SMILES string of the molecule is Cc1cc(OCC(C#N)C(F)(F)F)cc(C)c1Cl. The quantitative estimate of drug-likeness (QED) is 0.835. The first-order valence-electron chi connectivity index (χ1n) is 5.11. The van der Waals surface area contributed by atoms with Crippen molar-refractivity contribution >= 4 is 11.6 Å². The highest BCUT2D eigenvalue weighted by Crippen LogP contribution is 2.29. The molecule has 6 heteroatoms. The zero-order chi connectivity index (χ0) is 13.9. The van der Waals surface area contributed by atoms with Gasteiger partial charge in [-0.15, -0.1) is 0 Å². The van der Waals surface area contributed by atoms with Crippen LogP contribution in [0.1, 0.15) is 11.1 Å². The molecule has 0 N–H and O–H groups in total. The van der Waals surface area contributed by atoms with Crippen molar-refractivity contribution in [3.8, 4) is 11.8 Å². The van der Waals surface area contributed by atoms with E-state index in [2.05, 4.69) is 0 Å². The monoisotopic (exact) mass is 277 g/mol. The van der Waals surface area contributed by atoms with Gasteiger partial charge in [-0.2, -0.15) is 18.4 Å². The third-order valence-corrected chi connectivity index (χ3v) is 2.97. The molecule has 0 aromatic heterocycles. The molecule has 1 atom stereocenters. The molecule has 0 saturated heterocycles. The summed E-state index contributed by atoms with van der Waals surface area (Å²) in [5.74, 6) is -1.85. The van der Waals surface area contributed by atoms with Crippen LogP contribution in [0.3, 0.4) is 0 Å². The molecule has 18 heavy (non-hydrogen) atoms. The summed E-state index contributed by atoms with van der Waals surface area (Å²) in [5, 5.41) is 8.97. The lowest BCUT2D eigenvalue weighted by Gasteiger charge is -2.15. The van der Waals surface area contributed by atoms with Gasteiger partial charge in [0.05, 0.1) is 6.07 Å². The Bertz CT molecular complexity index is 456. The second kappa shape index (κ2) is 5.49. The molecule has 0 aliphatic heterocycles. The van der Waals surface area contributed by atoms with Crippen LogP contribution < -0.4 is 4.74 Å². The molecule has 0 aliphatic rings. The van der Waals surface area contributed by atoms with Crippen LogP contribution in [-0.4, -0.2) is 12.8 Å². The second-order valence-corrected chi connectivity index (χ2v) is 4.28. The lowest BCUT2D eigenvalue weighted by molar-refractivity contribution is -0.165. The van der Waals surface area contributed by atoms with Gasteiger partial charge in [0.2, 0.25) is 0 Å². The van der Waals surface area contributed by atoms with Crippen LogP contribution in [0.5, 0.6) is 5.75 Å². The van der Waals surface area contributed by atoms with E-state index < -0.39 is 18.7 Å². The number of rotatable bonds is 3. The van der Waals surface area contributed by atoms with Gasteiger partial charge in [-0.25, -0.2) is 0 Å². The number of halogens is 4. The Balaban J connectivity index is 2.79. The highest BCUT2D eigenvalue weighted by molar-refractivity contribution is 6.32. The fourth-order valence-corrected chi connectivity index (χ4v) is 1.48. The minimum Gasteiger partial charge on any atom is -0.492 e. The topological polar surface area (TPSA) is 33.0 Å². The molecular weight excluding hydrogens is 267 g/mol. The van der Waals surface area contributed by atoms with Crippen molar-refractivity contribution in [3.05, 3.63) is 28.3 Å². The van der Waals surface area contributed by atoms with Crippen molar-refractivity contribution in [1.29, 1.82) is 5.26 Å². The summed E-state index contributed by atoms with van der Waals surface area (Å²) in [6.07, 6.45) is -4.58. The van der Waals surface area contributed by atoms with Gasteiger partial charge in [-0.05, 0) is 37.1 Å². The van der Waals surface area contributed by atoms with Crippen molar-refractivity contribution in [2.24, 2.45) is 5.92 Å². The number of alkyl halides is 3. The first-order valence-corrected chi connectivity index (χ1v) is 5.49. The Morgan fingerprint density at radius 3 is 2.22 bits per heavy atom. The molecule has 1 aromatic carbocycles. The molecule has 0 heterocycles. The van der Waals surface area contributed by atoms with E-state index >= 15 is 0 Å². The molecule has 2 nitrogen and oxygen atoms in total. The van der Waals surface area contributed by atoms with E-state index in [0.29, 0.717) is 16.1 Å². The van der Waals surface area contributed by atoms with Crippen LogP contribution in [0.2, 0.25) is 5.02 Å². The number of hydrogen-bond donors (Lipinski definition) is 0. The zero-order valence-electron chi connectivity index (χ0n) is 9.81. The van der Waals surface area contributed by atoms with Crippen molar-refractivity contribution in [2.45, 2.75) is 20.0 Å². The van der Waals surface area contributed by atoms with Crippen molar-refractivity contribution < 1.29 is 17.9 Å². The Morgan fingerprint density at radius 2 is 1.83 bits per heavy atom. The normalized spacial score (nSPS) is 12.9. The van der Waals surface area contributed by atoms with Gasteiger partial charge in [0.25, 0.3) is 0 Å². The van der Waals surface area contributed by atoms with Crippen LogP contribution in [0, 0.1) is 31.1 Å². The predicted molar refractivity (Wildman–Crippen MR) is 61.6 cm³/mol. The maximum Gasteiger partial charge on any atom is 0.407 e. The molecule has 98 valence electrons. The zero-order valence-corrected chi connectivity index (χ0v) is 10.6. The fourth-order valence-electron chi connectivity index (χ4n) is 1.37. The summed E-state index contributed by atoms with van der Waals surface area (Å²) in [6.45, 7) is 2.74. The van der Waals surface area contributed by atoms with Gasteiger partial charge in [-0.3, -0.25) is 0 Å². The Kier molecular flexibility index (Phi) is 4.47. The molecule has 0 aliphatic carbocycles. The van der Waals surface area contributed by atoms with E-state index in [4.69, 9.17) is 21.6 Å². The van der Waals surface area contributed by atoms with E-state index in [1.807, 2.05) is 0 Å². The van der Waals surface area contributed by atoms with Crippen molar-refractivity contribution in [1.82, 2.24) is 0 Å². The molecule has 0 bridgehead atoms. The Morgan fingerprint density at radius 1 is 1.33 bits per heavy atom. The van der Waals surface area contributed by atoms with Crippen LogP contribution in [0.4, 0.5) is 13.2 Å².